The second-order valence-electron chi connectivity index (χ2n) is 7.85. The molecule has 0 aliphatic heterocycles. The number of benzene rings is 2. The number of ether oxygens (including phenoxy) is 1. The Bertz CT molecular complexity index is 1140. The highest BCUT2D eigenvalue weighted by Crippen LogP contribution is 2.22. The van der Waals surface area contributed by atoms with Gasteiger partial charge in [0.25, 0.3) is 0 Å². The summed E-state index contributed by atoms with van der Waals surface area (Å²) in [5, 5.41) is 19.5. The molecule has 1 unspecified atom stereocenters. The number of aromatic nitrogens is 2. The van der Waals surface area contributed by atoms with Crippen LogP contribution < -0.4 is 11.1 Å². The first-order chi connectivity index (χ1) is 16.3. The van der Waals surface area contributed by atoms with E-state index in [1.54, 1.807) is 24.3 Å². The van der Waals surface area contributed by atoms with Gasteiger partial charge < -0.3 is 25.2 Å². The zero-order valence-electron chi connectivity index (χ0n) is 19.5. The largest absolute Gasteiger partial charge is 0.611 e. The maximum absolute atomic E-state index is 12.4. The average molecular weight is 480 g/mol. The fourth-order valence-electron chi connectivity index (χ4n) is 3.05. The first-order valence-electron chi connectivity index (χ1n) is 10.6. The number of nitrogen functional groups attached to an aromatic ring is 1. The molecule has 0 spiro atoms. The van der Waals surface area contributed by atoms with Gasteiger partial charge in [0.1, 0.15) is 5.75 Å². The number of rotatable bonds is 9. The molecule has 1 aromatic heterocycles. The minimum Gasteiger partial charge on any atom is -0.611 e. The lowest BCUT2D eigenvalue weighted by atomic mass is 10.1. The SMILES string of the molecule is CNCc1ccc(C(=N)OC(=N)c2nc(-c3ccc([S+]([O-])CCN(C)C)cc3)cnc2N)cc1. The predicted molar refractivity (Wildman–Crippen MR) is 136 cm³/mol. The fourth-order valence-corrected chi connectivity index (χ4v) is 4.26. The molecule has 3 rings (SSSR count). The number of nitrogens with zero attached hydrogens (tertiary/aromatic N) is 3. The highest BCUT2D eigenvalue weighted by Gasteiger charge is 2.17. The van der Waals surface area contributed by atoms with E-state index >= 15 is 0 Å². The van der Waals surface area contributed by atoms with Gasteiger partial charge in [-0.05, 0) is 74.3 Å². The lowest BCUT2D eigenvalue weighted by Crippen LogP contribution is -2.21. The third kappa shape index (κ3) is 6.61. The highest BCUT2D eigenvalue weighted by molar-refractivity contribution is 7.91. The molecular formula is C24H29N7O2S. The summed E-state index contributed by atoms with van der Waals surface area (Å²) in [6, 6.07) is 14.5. The normalized spacial score (nSPS) is 11.9. The second-order valence-corrected chi connectivity index (χ2v) is 9.42. The molecule has 0 bridgehead atoms. The van der Waals surface area contributed by atoms with Gasteiger partial charge in [-0.2, -0.15) is 0 Å². The standard InChI is InChI=1S/C24H29N7O2S/c1-28-14-16-4-6-18(7-5-16)23(26)33-24(27)21-22(25)29-15-20(30-21)17-8-10-19(11-9-17)34(32)13-12-31(2)3/h4-11,15,26-28H,12-14H2,1-3H3,(H2,25,29). The zero-order chi connectivity index (χ0) is 24.7. The molecule has 0 fully saturated rings. The number of nitrogens with two attached hydrogens (primary N) is 1. The third-order valence-electron chi connectivity index (χ3n) is 4.95. The van der Waals surface area contributed by atoms with Crippen molar-refractivity contribution in [1.29, 1.82) is 10.8 Å². The Labute approximate surface area is 202 Å². The number of hydrogen-bond acceptors (Lipinski definition) is 9. The molecule has 1 atom stereocenters. The molecule has 0 radical (unpaired) electrons. The molecule has 178 valence electrons. The average Bonchev–Trinajstić information content (AvgIpc) is 2.83. The number of hydrogen-bond donors (Lipinski definition) is 4. The summed E-state index contributed by atoms with van der Waals surface area (Å²) in [7, 11) is 5.75. The Morgan fingerprint density at radius 2 is 1.76 bits per heavy atom. The predicted octanol–water partition coefficient (Wildman–Crippen LogP) is 2.48. The van der Waals surface area contributed by atoms with Crippen molar-refractivity contribution in [1.82, 2.24) is 20.2 Å². The summed E-state index contributed by atoms with van der Waals surface area (Å²) < 4.78 is 17.8. The summed E-state index contributed by atoms with van der Waals surface area (Å²) in [5.41, 5.74) is 8.83. The molecule has 3 aromatic rings. The summed E-state index contributed by atoms with van der Waals surface area (Å²) in [6.07, 6.45) is 1.51. The number of anilines is 1. The van der Waals surface area contributed by atoms with Crippen molar-refractivity contribution in [3.63, 3.8) is 0 Å². The quantitative estimate of drug-likeness (QED) is 0.209. The molecule has 5 N–H and O–H groups in total. The van der Waals surface area contributed by atoms with Crippen LogP contribution in [-0.4, -0.2) is 64.7 Å². The van der Waals surface area contributed by atoms with Crippen LogP contribution in [0.2, 0.25) is 0 Å². The third-order valence-corrected chi connectivity index (χ3v) is 6.31. The molecule has 2 aromatic carbocycles. The van der Waals surface area contributed by atoms with Crippen molar-refractivity contribution >= 4 is 28.8 Å². The lowest BCUT2D eigenvalue weighted by molar-refractivity contribution is 0.432. The molecule has 34 heavy (non-hydrogen) atoms. The van der Waals surface area contributed by atoms with Gasteiger partial charge in [-0.15, -0.1) is 0 Å². The van der Waals surface area contributed by atoms with Crippen LogP contribution >= 0.6 is 0 Å². The molecule has 0 aliphatic rings. The maximum Gasteiger partial charge on any atom is 0.243 e. The van der Waals surface area contributed by atoms with Gasteiger partial charge in [0, 0.05) is 24.2 Å². The minimum atomic E-state index is -1.09. The molecule has 9 nitrogen and oxygen atoms in total. The van der Waals surface area contributed by atoms with Crippen molar-refractivity contribution in [2.75, 3.05) is 39.2 Å². The molecular weight excluding hydrogens is 450 g/mol. The van der Waals surface area contributed by atoms with Crippen molar-refractivity contribution < 1.29 is 9.29 Å². The van der Waals surface area contributed by atoms with Gasteiger partial charge in [-0.3, -0.25) is 10.8 Å². The molecule has 1 heterocycles. The van der Waals surface area contributed by atoms with E-state index in [1.807, 2.05) is 50.3 Å². The molecule has 0 aliphatic carbocycles. The van der Waals surface area contributed by atoms with E-state index in [2.05, 4.69) is 15.3 Å². The van der Waals surface area contributed by atoms with E-state index in [-0.39, 0.29) is 23.3 Å². The lowest BCUT2D eigenvalue weighted by Gasteiger charge is -2.14. The van der Waals surface area contributed by atoms with Crippen LogP contribution in [0, 0.1) is 10.8 Å². The van der Waals surface area contributed by atoms with Gasteiger partial charge in [-0.1, -0.05) is 12.1 Å². The Balaban J connectivity index is 1.72. The first kappa shape index (κ1) is 25.3. The van der Waals surface area contributed by atoms with E-state index in [9.17, 15) is 4.55 Å². The van der Waals surface area contributed by atoms with Crippen LogP contribution in [0.4, 0.5) is 5.82 Å². The van der Waals surface area contributed by atoms with Crippen molar-refractivity contribution in [2.24, 2.45) is 0 Å². The van der Waals surface area contributed by atoms with E-state index < -0.39 is 11.2 Å². The number of nitrogens with one attached hydrogen (secondary N) is 3. The Kier molecular flexibility index (Phi) is 8.72. The summed E-state index contributed by atoms with van der Waals surface area (Å²) in [5.74, 6) is 0.0404. The Morgan fingerprint density at radius 1 is 1.09 bits per heavy atom. The minimum absolute atomic E-state index is 0.0346. The molecule has 10 heteroatoms. The van der Waals surface area contributed by atoms with Crippen LogP contribution in [0.15, 0.2) is 59.6 Å². The van der Waals surface area contributed by atoms with E-state index in [0.29, 0.717) is 17.0 Å². The Hall–Kier alpha value is -3.31. The van der Waals surface area contributed by atoms with Gasteiger partial charge in [-0.25, -0.2) is 9.97 Å². The fraction of sp³-hybridized carbons (Fsp3) is 0.250. The van der Waals surface area contributed by atoms with Gasteiger partial charge >= 0.3 is 0 Å². The first-order valence-corrected chi connectivity index (χ1v) is 12.0. The maximum atomic E-state index is 12.4. The van der Waals surface area contributed by atoms with Crippen molar-refractivity contribution in [3.8, 4) is 11.3 Å². The van der Waals surface area contributed by atoms with Crippen LogP contribution in [0.1, 0.15) is 16.8 Å². The van der Waals surface area contributed by atoms with Gasteiger partial charge in [0.15, 0.2) is 16.4 Å². The second kappa shape index (κ2) is 11.7. The van der Waals surface area contributed by atoms with Crippen molar-refractivity contribution in [2.45, 2.75) is 11.4 Å². The van der Waals surface area contributed by atoms with Gasteiger partial charge in [0.2, 0.25) is 11.8 Å². The molecule has 0 amide bonds. The van der Waals surface area contributed by atoms with Crippen LogP contribution in [0.5, 0.6) is 0 Å². The van der Waals surface area contributed by atoms with Crippen molar-refractivity contribution in [3.05, 3.63) is 71.5 Å². The summed E-state index contributed by atoms with van der Waals surface area (Å²) in [4.78, 5) is 11.3. The summed E-state index contributed by atoms with van der Waals surface area (Å²) >= 11 is -1.09. The molecule has 0 saturated carbocycles. The van der Waals surface area contributed by atoms with E-state index in [0.717, 1.165) is 29.1 Å². The van der Waals surface area contributed by atoms with E-state index in [4.69, 9.17) is 21.3 Å². The Morgan fingerprint density at radius 3 is 2.38 bits per heavy atom. The van der Waals surface area contributed by atoms with Crippen LogP contribution in [0.3, 0.4) is 0 Å². The summed E-state index contributed by atoms with van der Waals surface area (Å²) in [6.45, 7) is 1.45. The van der Waals surface area contributed by atoms with Gasteiger partial charge in [0.05, 0.1) is 11.9 Å². The topological polar surface area (TPSA) is 147 Å². The highest BCUT2D eigenvalue weighted by atomic mass is 32.2. The smallest absolute Gasteiger partial charge is 0.243 e. The monoisotopic (exact) mass is 479 g/mol. The molecule has 0 saturated heterocycles. The van der Waals surface area contributed by atoms with Crippen LogP contribution in [0.25, 0.3) is 11.3 Å². The van der Waals surface area contributed by atoms with Crippen LogP contribution in [-0.2, 0) is 22.5 Å². The van der Waals surface area contributed by atoms with E-state index in [1.165, 1.54) is 6.20 Å². The zero-order valence-corrected chi connectivity index (χ0v) is 20.3.